The van der Waals surface area contributed by atoms with Crippen molar-refractivity contribution in [3.8, 4) is 11.5 Å². The molecule has 0 fully saturated rings. The Morgan fingerprint density at radius 3 is 2.07 bits per heavy atom. The number of rotatable bonds is 7. The highest BCUT2D eigenvalue weighted by atomic mass is 31.1. The van der Waals surface area contributed by atoms with Gasteiger partial charge in [-0.2, -0.15) is 0 Å². The molecule has 1 heterocycles. The maximum Gasteiger partial charge on any atom is 0.212 e. The molecule has 0 saturated carbocycles. The van der Waals surface area contributed by atoms with Crippen LogP contribution in [-0.2, 0) is 4.74 Å². The van der Waals surface area contributed by atoms with Crippen LogP contribution >= 0.6 is 7.92 Å². The predicted molar refractivity (Wildman–Crippen MR) is 125 cm³/mol. The summed E-state index contributed by atoms with van der Waals surface area (Å²) in [6.07, 6.45) is 3.19. The van der Waals surface area contributed by atoms with Gasteiger partial charge in [0.1, 0.15) is 18.1 Å². The molecule has 0 N–H and O–H groups in total. The average Bonchev–Trinajstić information content (AvgIpc) is 3.44. The Kier molecular flexibility index (Phi) is 6.43. The van der Waals surface area contributed by atoms with Crippen LogP contribution in [0.15, 0.2) is 64.4 Å². The standard InChI is InChI=1S/C25H30NO3P/c1-17(2)19-16-29-25(26-19)18-10-9-15-22(18)30(23-13-7-5-11-20(23)27-3)24-14-8-6-12-21(24)28-4/h5-8,11-14,17,19H,9-10,15-16H2,1-4H3/t19-/m1/s1. The molecule has 4 rings (SSSR count). The molecule has 0 amide bonds. The fourth-order valence-corrected chi connectivity index (χ4v) is 7.09. The number of para-hydroxylation sites is 2. The second-order valence-corrected chi connectivity index (χ2v) is 10.2. The minimum Gasteiger partial charge on any atom is -0.496 e. The largest absolute Gasteiger partial charge is 0.496 e. The topological polar surface area (TPSA) is 40.0 Å². The van der Waals surface area contributed by atoms with E-state index in [2.05, 4.69) is 38.1 Å². The minimum absolute atomic E-state index is 0.248. The van der Waals surface area contributed by atoms with Crippen molar-refractivity contribution in [3.05, 3.63) is 59.4 Å². The highest BCUT2D eigenvalue weighted by molar-refractivity contribution is 7.77. The molecule has 30 heavy (non-hydrogen) atoms. The van der Waals surface area contributed by atoms with Crippen LogP contribution in [0.3, 0.4) is 0 Å². The summed E-state index contributed by atoms with van der Waals surface area (Å²) in [6, 6.07) is 17.0. The normalized spacial score (nSPS) is 18.7. The van der Waals surface area contributed by atoms with Gasteiger partial charge in [0.25, 0.3) is 0 Å². The molecule has 0 bridgehead atoms. The van der Waals surface area contributed by atoms with Gasteiger partial charge >= 0.3 is 0 Å². The van der Waals surface area contributed by atoms with E-state index in [-0.39, 0.29) is 6.04 Å². The lowest BCUT2D eigenvalue weighted by atomic mass is 10.1. The molecule has 0 unspecified atom stereocenters. The summed E-state index contributed by atoms with van der Waals surface area (Å²) in [5, 5.41) is 3.86. The van der Waals surface area contributed by atoms with Crippen molar-refractivity contribution >= 4 is 24.4 Å². The number of methoxy groups -OCH3 is 2. The van der Waals surface area contributed by atoms with Crippen molar-refractivity contribution in [2.45, 2.75) is 39.2 Å². The number of aliphatic imine (C=N–C) groups is 1. The van der Waals surface area contributed by atoms with Crippen LogP contribution in [0.5, 0.6) is 11.5 Å². The van der Waals surface area contributed by atoms with E-state index in [9.17, 15) is 0 Å². The van der Waals surface area contributed by atoms with Crippen molar-refractivity contribution in [3.63, 3.8) is 0 Å². The van der Waals surface area contributed by atoms with Gasteiger partial charge in [-0.1, -0.05) is 50.2 Å². The molecule has 2 aromatic rings. The van der Waals surface area contributed by atoms with Crippen molar-refractivity contribution in [1.29, 1.82) is 0 Å². The number of hydrogen-bond donors (Lipinski definition) is 0. The first-order valence-electron chi connectivity index (χ1n) is 10.6. The number of allylic oxidation sites excluding steroid dienone is 1. The van der Waals surface area contributed by atoms with Crippen molar-refractivity contribution in [1.82, 2.24) is 0 Å². The van der Waals surface area contributed by atoms with Crippen LogP contribution in [0.1, 0.15) is 33.1 Å². The molecule has 2 aromatic carbocycles. The Hall–Kier alpha value is -2.32. The van der Waals surface area contributed by atoms with Gasteiger partial charge in [-0.05, 0) is 50.5 Å². The van der Waals surface area contributed by atoms with E-state index in [0.29, 0.717) is 12.5 Å². The molecule has 5 heteroatoms. The molecule has 158 valence electrons. The predicted octanol–water partition coefficient (Wildman–Crippen LogP) is 5.03. The lowest BCUT2D eigenvalue weighted by Crippen LogP contribution is -2.18. The fourth-order valence-electron chi connectivity index (χ4n) is 4.15. The maximum atomic E-state index is 6.12. The SMILES string of the molecule is COc1ccccc1P(C1=C(C2=N[C@@H](C(C)C)CO2)CCC1)c1ccccc1OC. The van der Waals surface area contributed by atoms with E-state index in [1.165, 1.54) is 21.5 Å². The Morgan fingerprint density at radius 1 is 0.933 bits per heavy atom. The van der Waals surface area contributed by atoms with Crippen LogP contribution in [0.4, 0.5) is 0 Å². The van der Waals surface area contributed by atoms with Crippen LogP contribution in [0.2, 0.25) is 0 Å². The van der Waals surface area contributed by atoms with Gasteiger partial charge in [-0.3, -0.25) is 0 Å². The first kappa shape index (κ1) is 20.9. The molecule has 0 saturated heterocycles. The lowest BCUT2D eigenvalue weighted by Gasteiger charge is -2.25. The quantitative estimate of drug-likeness (QED) is 0.587. The molecule has 4 nitrogen and oxygen atoms in total. The molecule has 0 radical (unpaired) electrons. The number of hydrogen-bond acceptors (Lipinski definition) is 4. The van der Waals surface area contributed by atoms with E-state index >= 15 is 0 Å². The molecular formula is C25H30NO3P. The molecule has 0 spiro atoms. The highest BCUT2D eigenvalue weighted by Gasteiger charge is 2.34. The van der Waals surface area contributed by atoms with E-state index in [1.54, 1.807) is 14.2 Å². The zero-order valence-corrected chi connectivity index (χ0v) is 19.1. The number of ether oxygens (including phenoxy) is 3. The van der Waals surface area contributed by atoms with Crippen molar-refractivity contribution in [2.24, 2.45) is 10.9 Å². The second-order valence-electron chi connectivity index (χ2n) is 8.01. The van der Waals surface area contributed by atoms with Crippen LogP contribution in [-0.4, -0.2) is 32.8 Å². The first-order chi connectivity index (χ1) is 14.6. The third kappa shape index (κ3) is 3.98. The lowest BCUT2D eigenvalue weighted by molar-refractivity contribution is 0.291. The summed E-state index contributed by atoms with van der Waals surface area (Å²) < 4.78 is 17.7. The number of benzene rings is 2. The van der Waals surface area contributed by atoms with E-state index in [1.807, 2.05) is 24.3 Å². The van der Waals surface area contributed by atoms with Crippen LogP contribution in [0, 0.1) is 5.92 Å². The van der Waals surface area contributed by atoms with E-state index < -0.39 is 7.92 Å². The monoisotopic (exact) mass is 423 g/mol. The third-order valence-electron chi connectivity index (χ3n) is 5.81. The molecular weight excluding hydrogens is 393 g/mol. The van der Waals surface area contributed by atoms with E-state index in [4.69, 9.17) is 19.2 Å². The zero-order valence-electron chi connectivity index (χ0n) is 18.2. The average molecular weight is 423 g/mol. The summed E-state index contributed by atoms with van der Waals surface area (Å²) in [5.74, 6) is 3.18. The van der Waals surface area contributed by atoms with Gasteiger partial charge in [0.15, 0.2) is 0 Å². The van der Waals surface area contributed by atoms with Gasteiger partial charge < -0.3 is 14.2 Å². The maximum absolute atomic E-state index is 6.12. The zero-order chi connectivity index (χ0) is 21.1. The van der Waals surface area contributed by atoms with Crippen molar-refractivity contribution < 1.29 is 14.2 Å². The van der Waals surface area contributed by atoms with Gasteiger partial charge in [0, 0.05) is 16.2 Å². The minimum atomic E-state index is -0.821. The fraction of sp³-hybridized carbons (Fsp3) is 0.400. The Morgan fingerprint density at radius 2 is 1.53 bits per heavy atom. The smallest absolute Gasteiger partial charge is 0.212 e. The number of nitrogens with zero attached hydrogens (tertiary/aromatic N) is 1. The second kappa shape index (κ2) is 9.22. The third-order valence-corrected chi connectivity index (χ3v) is 8.55. The highest BCUT2D eigenvalue weighted by Crippen LogP contribution is 2.54. The van der Waals surface area contributed by atoms with Gasteiger partial charge in [0.05, 0.1) is 20.3 Å². The summed E-state index contributed by atoms with van der Waals surface area (Å²) in [7, 11) is 2.67. The molecule has 0 aromatic heterocycles. The Bertz CT molecular complexity index is 919. The Balaban J connectivity index is 1.89. The molecule has 1 aliphatic heterocycles. The molecule has 1 aliphatic carbocycles. The summed E-state index contributed by atoms with van der Waals surface area (Å²) in [6.45, 7) is 5.10. The molecule has 1 atom stereocenters. The summed E-state index contributed by atoms with van der Waals surface area (Å²) in [5.41, 5.74) is 1.29. The Labute approximate surface area is 180 Å². The van der Waals surface area contributed by atoms with Crippen LogP contribution in [0.25, 0.3) is 0 Å². The molecule has 2 aliphatic rings. The summed E-state index contributed by atoms with van der Waals surface area (Å²) in [4.78, 5) is 4.96. The van der Waals surface area contributed by atoms with Gasteiger partial charge in [0.2, 0.25) is 5.90 Å². The van der Waals surface area contributed by atoms with Gasteiger partial charge in [-0.15, -0.1) is 0 Å². The van der Waals surface area contributed by atoms with Crippen molar-refractivity contribution in [2.75, 3.05) is 20.8 Å². The summed E-state index contributed by atoms with van der Waals surface area (Å²) >= 11 is 0. The van der Waals surface area contributed by atoms with Crippen LogP contribution < -0.4 is 20.1 Å². The van der Waals surface area contributed by atoms with Gasteiger partial charge in [-0.25, -0.2) is 4.99 Å². The first-order valence-corrected chi connectivity index (χ1v) is 12.0. The van der Waals surface area contributed by atoms with E-state index in [0.717, 1.165) is 36.7 Å².